The first kappa shape index (κ1) is 13.4. The average molecular weight is 323 g/mol. The number of carbonyl (C=O) groups is 1. The summed E-state index contributed by atoms with van der Waals surface area (Å²) in [6.45, 7) is 3.63. The predicted octanol–water partition coefficient (Wildman–Crippen LogP) is 3.90. The van der Waals surface area contributed by atoms with E-state index < -0.39 is 5.97 Å². The molecule has 0 radical (unpaired) electrons. The van der Waals surface area contributed by atoms with Gasteiger partial charge < -0.3 is 5.11 Å². The topological polar surface area (TPSA) is 90.7 Å². The lowest BCUT2D eigenvalue weighted by Crippen LogP contribution is -1.96. The van der Waals surface area contributed by atoms with Gasteiger partial charge in [-0.1, -0.05) is 15.9 Å². The molecule has 0 atom stereocenters. The monoisotopic (exact) mass is 322 g/mol. The van der Waals surface area contributed by atoms with Gasteiger partial charge in [-0.25, -0.2) is 4.79 Å². The van der Waals surface area contributed by atoms with Crippen molar-refractivity contribution in [3.05, 3.63) is 39.6 Å². The van der Waals surface area contributed by atoms with E-state index in [1.54, 1.807) is 19.1 Å². The quantitative estimate of drug-likeness (QED) is 0.839. The van der Waals surface area contributed by atoms with Crippen molar-refractivity contribution in [3.8, 4) is 0 Å². The van der Waals surface area contributed by atoms with Crippen LogP contribution in [0.3, 0.4) is 0 Å². The Kier molecular flexibility index (Phi) is 3.75. The van der Waals surface area contributed by atoms with Gasteiger partial charge in [0, 0.05) is 4.47 Å². The lowest BCUT2D eigenvalue weighted by Gasteiger charge is -2.00. The molecule has 7 heteroatoms. The maximum absolute atomic E-state index is 11.1. The van der Waals surface area contributed by atoms with E-state index in [1.165, 1.54) is 6.07 Å². The third kappa shape index (κ3) is 2.87. The van der Waals surface area contributed by atoms with Crippen LogP contribution in [0.15, 0.2) is 32.9 Å². The summed E-state index contributed by atoms with van der Waals surface area (Å²) in [5, 5.41) is 24.0. The Bertz CT molecular complexity index is 644. The smallest absolute Gasteiger partial charge is 0.338 e. The third-order valence-corrected chi connectivity index (χ3v) is 3.03. The predicted molar refractivity (Wildman–Crippen MR) is 73.3 cm³/mol. The van der Waals surface area contributed by atoms with Crippen molar-refractivity contribution >= 4 is 33.3 Å². The molecule has 19 heavy (non-hydrogen) atoms. The van der Waals surface area contributed by atoms with E-state index in [0.29, 0.717) is 15.8 Å². The van der Waals surface area contributed by atoms with Crippen LogP contribution in [0.2, 0.25) is 0 Å². The van der Waals surface area contributed by atoms with Gasteiger partial charge in [0.05, 0.1) is 17.0 Å². The van der Waals surface area contributed by atoms with Gasteiger partial charge in [0.1, 0.15) is 11.4 Å². The summed E-state index contributed by atoms with van der Waals surface area (Å²) < 4.78 is 0.680. The molecule has 0 aliphatic rings. The van der Waals surface area contributed by atoms with Gasteiger partial charge in [-0.3, -0.25) is 5.10 Å². The molecule has 1 aromatic heterocycles. The first-order chi connectivity index (χ1) is 8.99. The second-order valence-corrected chi connectivity index (χ2v) is 4.86. The van der Waals surface area contributed by atoms with Crippen molar-refractivity contribution in [2.45, 2.75) is 13.8 Å². The van der Waals surface area contributed by atoms with Gasteiger partial charge in [0.15, 0.2) is 0 Å². The van der Waals surface area contributed by atoms with Crippen LogP contribution < -0.4 is 0 Å². The lowest BCUT2D eigenvalue weighted by molar-refractivity contribution is 0.0697. The Labute approximate surface area is 117 Å². The fourth-order valence-electron chi connectivity index (χ4n) is 1.56. The molecule has 1 heterocycles. The maximum Gasteiger partial charge on any atom is 0.338 e. The van der Waals surface area contributed by atoms with Crippen molar-refractivity contribution < 1.29 is 9.90 Å². The van der Waals surface area contributed by atoms with E-state index in [1.807, 2.05) is 6.92 Å². The highest BCUT2D eigenvalue weighted by atomic mass is 79.9. The maximum atomic E-state index is 11.1. The molecular formula is C12H11BrN4O2. The number of hydrogen-bond donors (Lipinski definition) is 2. The van der Waals surface area contributed by atoms with E-state index in [9.17, 15) is 4.79 Å². The van der Waals surface area contributed by atoms with Crippen LogP contribution in [0, 0.1) is 13.8 Å². The fraction of sp³-hybridized carbons (Fsp3) is 0.167. The average Bonchev–Trinajstić information content (AvgIpc) is 2.68. The van der Waals surface area contributed by atoms with Crippen LogP contribution in [0.5, 0.6) is 0 Å². The van der Waals surface area contributed by atoms with Crippen molar-refractivity contribution in [2.75, 3.05) is 0 Å². The molecule has 0 bridgehead atoms. The Morgan fingerprint density at radius 1 is 1.37 bits per heavy atom. The molecule has 6 nitrogen and oxygen atoms in total. The number of H-pyrrole nitrogens is 1. The third-order valence-electron chi connectivity index (χ3n) is 2.54. The van der Waals surface area contributed by atoms with Gasteiger partial charge in [0.2, 0.25) is 0 Å². The summed E-state index contributed by atoms with van der Waals surface area (Å²) in [7, 11) is 0. The zero-order valence-electron chi connectivity index (χ0n) is 10.3. The number of aromatic nitrogens is 2. The molecule has 2 N–H and O–H groups in total. The number of carboxylic acids is 1. The van der Waals surface area contributed by atoms with Crippen LogP contribution in [0.4, 0.5) is 11.4 Å². The summed E-state index contributed by atoms with van der Waals surface area (Å²) in [5.41, 5.74) is 2.53. The van der Waals surface area contributed by atoms with Crippen LogP contribution in [-0.2, 0) is 0 Å². The van der Waals surface area contributed by atoms with E-state index in [2.05, 4.69) is 36.4 Å². The van der Waals surface area contributed by atoms with Crippen LogP contribution >= 0.6 is 15.9 Å². The van der Waals surface area contributed by atoms with Gasteiger partial charge in [-0.15, -0.1) is 10.2 Å². The van der Waals surface area contributed by atoms with Gasteiger partial charge in [-0.05, 0) is 32.0 Å². The highest BCUT2D eigenvalue weighted by molar-refractivity contribution is 9.10. The number of halogens is 1. The molecule has 2 rings (SSSR count). The van der Waals surface area contributed by atoms with Crippen molar-refractivity contribution in [3.63, 3.8) is 0 Å². The molecule has 0 unspecified atom stereocenters. The number of aryl methyl sites for hydroxylation is 2. The normalized spacial score (nSPS) is 11.1. The number of hydrogen-bond acceptors (Lipinski definition) is 4. The van der Waals surface area contributed by atoms with Crippen LogP contribution in [-0.4, -0.2) is 21.3 Å². The molecule has 98 valence electrons. The van der Waals surface area contributed by atoms with Gasteiger partial charge in [0.25, 0.3) is 0 Å². The van der Waals surface area contributed by atoms with Gasteiger partial charge in [-0.2, -0.15) is 5.10 Å². The summed E-state index contributed by atoms with van der Waals surface area (Å²) in [6.07, 6.45) is 0. The van der Waals surface area contributed by atoms with Crippen molar-refractivity contribution in [2.24, 2.45) is 10.2 Å². The molecule has 0 aliphatic carbocycles. The molecule has 2 aromatic rings. The Balaban J connectivity index is 2.41. The van der Waals surface area contributed by atoms with E-state index in [4.69, 9.17) is 5.11 Å². The first-order valence-electron chi connectivity index (χ1n) is 5.45. The molecule has 0 amide bonds. The van der Waals surface area contributed by atoms with E-state index >= 15 is 0 Å². The SMILES string of the molecule is Cc1n[nH]c(C)c1N=Nc1ccc(Br)cc1C(=O)O. The minimum absolute atomic E-state index is 0.0944. The number of aromatic amines is 1. The van der Waals surface area contributed by atoms with E-state index in [0.717, 1.165) is 11.4 Å². The molecule has 0 saturated heterocycles. The zero-order valence-corrected chi connectivity index (χ0v) is 11.9. The molecule has 0 spiro atoms. The number of benzene rings is 1. The number of nitrogens with one attached hydrogen (secondary N) is 1. The summed E-state index contributed by atoms with van der Waals surface area (Å²) in [6, 6.07) is 4.81. The Morgan fingerprint density at radius 2 is 2.11 bits per heavy atom. The Morgan fingerprint density at radius 3 is 2.68 bits per heavy atom. The van der Waals surface area contributed by atoms with Crippen LogP contribution in [0.1, 0.15) is 21.7 Å². The summed E-state index contributed by atoms with van der Waals surface area (Å²) >= 11 is 3.23. The number of azo groups is 1. The summed E-state index contributed by atoms with van der Waals surface area (Å²) in [5.74, 6) is -1.05. The largest absolute Gasteiger partial charge is 0.478 e. The molecule has 0 aliphatic heterocycles. The van der Waals surface area contributed by atoms with Crippen LogP contribution in [0.25, 0.3) is 0 Å². The molecule has 0 fully saturated rings. The number of aromatic carboxylic acids is 1. The lowest BCUT2D eigenvalue weighted by atomic mass is 10.2. The molecule has 1 aromatic carbocycles. The van der Waals surface area contributed by atoms with Crippen molar-refractivity contribution in [1.82, 2.24) is 10.2 Å². The summed E-state index contributed by atoms with van der Waals surface area (Å²) in [4.78, 5) is 11.1. The number of carboxylic acid groups (broad SMARTS) is 1. The highest BCUT2D eigenvalue weighted by Gasteiger charge is 2.11. The first-order valence-corrected chi connectivity index (χ1v) is 6.24. The number of rotatable bonds is 3. The van der Waals surface area contributed by atoms with Gasteiger partial charge >= 0.3 is 5.97 Å². The minimum atomic E-state index is -1.05. The second-order valence-electron chi connectivity index (χ2n) is 3.95. The minimum Gasteiger partial charge on any atom is -0.478 e. The fourth-order valence-corrected chi connectivity index (χ4v) is 1.92. The number of nitrogens with zero attached hydrogens (tertiary/aromatic N) is 3. The second kappa shape index (κ2) is 5.31. The molecule has 0 saturated carbocycles. The standard InChI is InChI=1S/C12H11BrN4O2/c1-6-11(7(2)15-14-6)17-16-10-4-3-8(13)5-9(10)12(18)19/h3-5H,1-2H3,(H,14,15)(H,18,19). The van der Waals surface area contributed by atoms with Crippen molar-refractivity contribution in [1.29, 1.82) is 0 Å². The zero-order chi connectivity index (χ0) is 14.0. The Hall–Kier alpha value is -2.02. The molecular weight excluding hydrogens is 312 g/mol. The highest BCUT2D eigenvalue weighted by Crippen LogP contribution is 2.27. The van der Waals surface area contributed by atoms with E-state index in [-0.39, 0.29) is 5.56 Å².